The molecule has 0 unspecified atom stereocenters. The number of nitrogen functional groups attached to an aromatic ring is 1. The van der Waals surface area contributed by atoms with Gasteiger partial charge in [-0.25, -0.2) is 9.97 Å². The topological polar surface area (TPSA) is 85.8 Å². The summed E-state index contributed by atoms with van der Waals surface area (Å²) in [6.45, 7) is 6.20. The Labute approximate surface area is 182 Å². The van der Waals surface area contributed by atoms with Crippen LogP contribution in [0.3, 0.4) is 0 Å². The van der Waals surface area contributed by atoms with Crippen LogP contribution in [0.1, 0.15) is 56.0 Å². The van der Waals surface area contributed by atoms with E-state index in [1.807, 2.05) is 54.8 Å². The summed E-state index contributed by atoms with van der Waals surface area (Å²) in [7, 11) is 0. The van der Waals surface area contributed by atoms with Gasteiger partial charge >= 0.3 is 0 Å². The Morgan fingerprint density at radius 2 is 1.74 bits per heavy atom. The smallest absolute Gasteiger partial charge is 0.257 e. The number of nitrogens with one attached hydrogen (secondary N) is 1. The van der Waals surface area contributed by atoms with Gasteiger partial charge in [-0.1, -0.05) is 44.5 Å². The molecule has 0 radical (unpaired) electrons. The number of benzene rings is 2. The second kappa shape index (κ2) is 8.76. The van der Waals surface area contributed by atoms with Gasteiger partial charge in [-0.2, -0.15) is 0 Å². The normalized spacial score (nSPS) is 12.4. The molecule has 2 aromatic carbocycles. The van der Waals surface area contributed by atoms with E-state index in [1.165, 1.54) is 5.56 Å². The standard InChI is InChI=1S/C25H29N5O/c1-4-6-9-17-12-14-18(15-13-17)30-23(26)21(25(31)27-16(3)5-2)22-24(30)29-20-11-8-7-10-19(20)28-22/h7-8,10-16H,4-6,9,26H2,1-3H3,(H,27,31)/t16-/m0/s1. The van der Waals surface area contributed by atoms with Crippen molar-refractivity contribution in [3.8, 4) is 5.69 Å². The minimum absolute atomic E-state index is 0.0385. The first kappa shape index (κ1) is 20.8. The largest absolute Gasteiger partial charge is 0.384 e. The highest BCUT2D eigenvalue weighted by Gasteiger charge is 2.25. The van der Waals surface area contributed by atoms with Crippen molar-refractivity contribution in [1.29, 1.82) is 0 Å². The Bertz CT molecular complexity index is 1230. The van der Waals surface area contributed by atoms with E-state index in [9.17, 15) is 4.79 Å². The van der Waals surface area contributed by atoms with Crippen molar-refractivity contribution in [2.45, 2.75) is 52.5 Å². The van der Waals surface area contributed by atoms with Crippen molar-refractivity contribution in [3.63, 3.8) is 0 Å². The van der Waals surface area contributed by atoms with Gasteiger partial charge in [-0.15, -0.1) is 0 Å². The van der Waals surface area contributed by atoms with E-state index < -0.39 is 0 Å². The molecular weight excluding hydrogens is 386 g/mol. The highest BCUT2D eigenvalue weighted by molar-refractivity contribution is 6.11. The van der Waals surface area contributed by atoms with Gasteiger partial charge in [0.05, 0.1) is 11.0 Å². The molecule has 0 aliphatic rings. The Morgan fingerprint density at radius 1 is 1.06 bits per heavy atom. The molecule has 31 heavy (non-hydrogen) atoms. The first-order valence-electron chi connectivity index (χ1n) is 11.0. The van der Waals surface area contributed by atoms with Crippen LogP contribution in [-0.4, -0.2) is 26.5 Å². The van der Waals surface area contributed by atoms with Crippen LogP contribution in [0.5, 0.6) is 0 Å². The number of anilines is 1. The van der Waals surface area contributed by atoms with Crippen LogP contribution < -0.4 is 11.1 Å². The van der Waals surface area contributed by atoms with Gasteiger partial charge in [-0.05, 0) is 56.0 Å². The molecule has 4 aromatic rings. The molecule has 6 heteroatoms. The SMILES string of the molecule is CCCCc1ccc(-n2c(N)c(C(=O)N[C@@H](C)CC)c3nc4ccccc4nc32)cc1. The van der Waals surface area contributed by atoms with Crippen LogP contribution in [0, 0.1) is 0 Å². The predicted molar refractivity (Wildman–Crippen MR) is 127 cm³/mol. The zero-order chi connectivity index (χ0) is 22.0. The number of amides is 1. The van der Waals surface area contributed by atoms with Gasteiger partial charge in [-0.3, -0.25) is 9.36 Å². The summed E-state index contributed by atoms with van der Waals surface area (Å²) < 4.78 is 1.84. The van der Waals surface area contributed by atoms with E-state index >= 15 is 0 Å². The molecule has 2 aromatic heterocycles. The van der Waals surface area contributed by atoms with Gasteiger partial charge in [0.1, 0.15) is 16.9 Å². The van der Waals surface area contributed by atoms with Crippen molar-refractivity contribution < 1.29 is 4.79 Å². The fourth-order valence-corrected chi connectivity index (χ4v) is 3.74. The highest BCUT2D eigenvalue weighted by atomic mass is 16.1. The number of aromatic nitrogens is 3. The fourth-order valence-electron chi connectivity index (χ4n) is 3.74. The molecule has 0 saturated heterocycles. The summed E-state index contributed by atoms with van der Waals surface area (Å²) in [4.78, 5) is 22.7. The molecular formula is C25H29N5O. The van der Waals surface area contributed by atoms with E-state index in [2.05, 4.69) is 24.4 Å². The third-order valence-electron chi connectivity index (χ3n) is 5.73. The van der Waals surface area contributed by atoms with Crippen LogP contribution in [0.25, 0.3) is 27.9 Å². The lowest BCUT2D eigenvalue weighted by Gasteiger charge is -2.12. The molecule has 0 bridgehead atoms. The van der Waals surface area contributed by atoms with Crippen molar-refractivity contribution in [2.75, 3.05) is 5.73 Å². The average Bonchev–Trinajstić information content (AvgIpc) is 3.07. The van der Waals surface area contributed by atoms with Crippen molar-refractivity contribution in [1.82, 2.24) is 19.9 Å². The van der Waals surface area contributed by atoms with E-state index in [-0.39, 0.29) is 11.9 Å². The Kier molecular flexibility index (Phi) is 5.89. The second-order valence-electron chi connectivity index (χ2n) is 8.03. The monoisotopic (exact) mass is 415 g/mol. The van der Waals surface area contributed by atoms with Gasteiger partial charge in [0.25, 0.3) is 5.91 Å². The molecule has 3 N–H and O–H groups in total. The molecule has 0 spiro atoms. The first-order chi connectivity index (χ1) is 15.0. The fraction of sp³-hybridized carbons (Fsp3) is 0.320. The zero-order valence-electron chi connectivity index (χ0n) is 18.4. The highest BCUT2D eigenvalue weighted by Crippen LogP contribution is 2.31. The predicted octanol–water partition coefficient (Wildman–Crippen LogP) is 5.03. The van der Waals surface area contributed by atoms with Crippen molar-refractivity contribution >= 4 is 33.9 Å². The van der Waals surface area contributed by atoms with Crippen molar-refractivity contribution in [3.05, 3.63) is 59.7 Å². The molecule has 2 heterocycles. The first-order valence-corrected chi connectivity index (χ1v) is 11.0. The zero-order valence-corrected chi connectivity index (χ0v) is 18.4. The van der Waals surface area contributed by atoms with Gasteiger partial charge in [0, 0.05) is 11.7 Å². The Morgan fingerprint density at radius 3 is 2.39 bits per heavy atom. The number of unbranched alkanes of at least 4 members (excludes halogenated alkanes) is 1. The number of carbonyl (C=O) groups is 1. The number of hydrogen-bond donors (Lipinski definition) is 2. The number of hydrogen-bond acceptors (Lipinski definition) is 4. The summed E-state index contributed by atoms with van der Waals surface area (Å²) in [5.74, 6) is 0.132. The maximum atomic E-state index is 13.1. The summed E-state index contributed by atoms with van der Waals surface area (Å²) in [6.07, 6.45) is 4.20. The molecule has 0 aliphatic heterocycles. The molecule has 1 atom stereocenters. The van der Waals surface area contributed by atoms with Gasteiger partial charge in [0.15, 0.2) is 5.65 Å². The maximum Gasteiger partial charge on any atom is 0.257 e. The average molecular weight is 416 g/mol. The summed E-state index contributed by atoms with van der Waals surface area (Å²) in [5.41, 5.74) is 11.7. The lowest BCUT2D eigenvalue weighted by Crippen LogP contribution is -2.32. The minimum atomic E-state index is -0.222. The third kappa shape index (κ3) is 3.98. The third-order valence-corrected chi connectivity index (χ3v) is 5.73. The van der Waals surface area contributed by atoms with Gasteiger partial charge in [0.2, 0.25) is 0 Å². The molecule has 6 nitrogen and oxygen atoms in total. The van der Waals surface area contributed by atoms with Gasteiger partial charge < -0.3 is 11.1 Å². The molecule has 0 saturated carbocycles. The van der Waals surface area contributed by atoms with Crippen LogP contribution in [-0.2, 0) is 6.42 Å². The second-order valence-corrected chi connectivity index (χ2v) is 8.03. The molecule has 160 valence electrons. The van der Waals surface area contributed by atoms with Crippen LogP contribution in [0.2, 0.25) is 0 Å². The maximum absolute atomic E-state index is 13.1. The number of nitrogens with zero attached hydrogens (tertiary/aromatic N) is 3. The molecule has 0 aliphatic carbocycles. The number of nitrogens with two attached hydrogens (primary N) is 1. The van der Waals surface area contributed by atoms with Crippen LogP contribution >= 0.6 is 0 Å². The Balaban J connectivity index is 1.90. The summed E-state index contributed by atoms with van der Waals surface area (Å²) >= 11 is 0. The number of aryl methyl sites for hydroxylation is 1. The summed E-state index contributed by atoms with van der Waals surface area (Å²) in [5, 5.41) is 3.02. The van der Waals surface area contributed by atoms with Crippen LogP contribution in [0.15, 0.2) is 48.5 Å². The minimum Gasteiger partial charge on any atom is -0.384 e. The van der Waals surface area contributed by atoms with E-state index in [4.69, 9.17) is 15.7 Å². The number of fused-ring (bicyclic) bond motifs is 2. The van der Waals surface area contributed by atoms with E-state index in [1.54, 1.807) is 0 Å². The number of carbonyl (C=O) groups excluding carboxylic acids is 1. The molecule has 0 fully saturated rings. The van der Waals surface area contributed by atoms with Crippen molar-refractivity contribution in [2.24, 2.45) is 0 Å². The number of para-hydroxylation sites is 2. The Hall–Kier alpha value is -3.41. The molecule has 4 rings (SSSR count). The quantitative estimate of drug-likeness (QED) is 0.443. The lowest BCUT2D eigenvalue weighted by atomic mass is 10.1. The molecule has 1 amide bonds. The summed E-state index contributed by atoms with van der Waals surface area (Å²) in [6, 6.07) is 16.0. The lowest BCUT2D eigenvalue weighted by molar-refractivity contribution is 0.0941. The van der Waals surface area contributed by atoms with Crippen LogP contribution in [0.4, 0.5) is 5.82 Å². The van der Waals surface area contributed by atoms with E-state index in [0.717, 1.165) is 42.4 Å². The number of rotatable bonds is 7. The van der Waals surface area contributed by atoms with E-state index in [0.29, 0.717) is 22.5 Å².